The summed E-state index contributed by atoms with van der Waals surface area (Å²) in [5.41, 5.74) is 1.26. The van der Waals surface area contributed by atoms with E-state index >= 15 is 0 Å². The lowest BCUT2D eigenvalue weighted by Gasteiger charge is -2.26. The second kappa shape index (κ2) is 9.66. The molecule has 0 bridgehead atoms. The molecule has 0 unspecified atom stereocenters. The number of hydrogen-bond acceptors (Lipinski definition) is 6. The predicted molar refractivity (Wildman–Crippen MR) is 118 cm³/mol. The highest BCUT2D eigenvalue weighted by molar-refractivity contribution is 6.46. The second-order valence-corrected chi connectivity index (χ2v) is 7.53. The van der Waals surface area contributed by atoms with Gasteiger partial charge in [0, 0.05) is 18.7 Å². The molecule has 2 aromatic rings. The van der Waals surface area contributed by atoms with Gasteiger partial charge in [-0.05, 0) is 63.0 Å². The quantitative estimate of drug-likeness (QED) is 0.399. The normalized spacial score (nSPS) is 18.0. The molecular weight excluding hydrogens is 396 g/mol. The van der Waals surface area contributed by atoms with Crippen LogP contribution < -0.4 is 9.47 Å². The SMILES string of the molecule is CCOc1ccc([C@@H]2/C(=C(\O)c3ccc(OC)cc3)C(=O)C(=O)N2CCN(C)C)cc1. The molecule has 0 radical (unpaired) electrons. The molecule has 1 N–H and O–H groups in total. The Balaban J connectivity index is 2.09. The summed E-state index contributed by atoms with van der Waals surface area (Å²) in [5.74, 6) is -0.174. The van der Waals surface area contributed by atoms with Gasteiger partial charge in [0.15, 0.2) is 0 Å². The smallest absolute Gasteiger partial charge is 0.295 e. The van der Waals surface area contributed by atoms with Crippen LogP contribution in [0.5, 0.6) is 11.5 Å². The van der Waals surface area contributed by atoms with Gasteiger partial charge in [-0.2, -0.15) is 0 Å². The average molecular weight is 424 g/mol. The fourth-order valence-electron chi connectivity index (χ4n) is 3.58. The third-order valence-electron chi connectivity index (χ3n) is 5.20. The van der Waals surface area contributed by atoms with Gasteiger partial charge in [0.25, 0.3) is 11.7 Å². The molecule has 1 atom stereocenters. The number of likely N-dealkylation sites (tertiary alicyclic amines) is 1. The fourth-order valence-corrected chi connectivity index (χ4v) is 3.58. The van der Waals surface area contributed by atoms with Crippen LogP contribution in [0.15, 0.2) is 54.1 Å². The molecule has 0 aromatic heterocycles. The summed E-state index contributed by atoms with van der Waals surface area (Å²) < 4.78 is 10.7. The Morgan fingerprint density at radius 2 is 1.65 bits per heavy atom. The van der Waals surface area contributed by atoms with E-state index in [4.69, 9.17) is 9.47 Å². The number of carbonyl (C=O) groups excluding carboxylic acids is 2. The van der Waals surface area contributed by atoms with Crippen LogP contribution in [0.1, 0.15) is 24.1 Å². The van der Waals surface area contributed by atoms with E-state index in [9.17, 15) is 14.7 Å². The molecular formula is C24H28N2O5. The number of carbonyl (C=O) groups is 2. The van der Waals surface area contributed by atoms with E-state index in [0.717, 1.165) is 5.56 Å². The maximum absolute atomic E-state index is 13.0. The maximum Gasteiger partial charge on any atom is 0.295 e. The van der Waals surface area contributed by atoms with E-state index in [1.54, 1.807) is 43.5 Å². The Bertz CT molecular complexity index is 964. The molecule has 1 aliphatic heterocycles. The molecule has 1 heterocycles. The predicted octanol–water partition coefficient (Wildman–Crippen LogP) is 3.08. The van der Waals surface area contributed by atoms with Crippen LogP contribution in [-0.4, -0.2) is 67.5 Å². The Labute approximate surface area is 182 Å². The summed E-state index contributed by atoms with van der Waals surface area (Å²) >= 11 is 0. The molecule has 7 nitrogen and oxygen atoms in total. The summed E-state index contributed by atoms with van der Waals surface area (Å²) in [6.07, 6.45) is 0. The molecule has 0 spiro atoms. The van der Waals surface area contributed by atoms with Gasteiger partial charge >= 0.3 is 0 Å². The number of Topliss-reactive ketones (excluding diaryl/α,β-unsaturated/α-hetero) is 1. The van der Waals surface area contributed by atoms with E-state index in [1.165, 1.54) is 4.90 Å². The van der Waals surface area contributed by atoms with Crippen LogP contribution in [0.2, 0.25) is 0 Å². The molecule has 3 rings (SSSR count). The lowest BCUT2D eigenvalue weighted by molar-refractivity contribution is -0.140. The third-order valence-corrected chi connectivity index (χ3v) is 5.20. The van der Waals surface area contributed by atoms with E-state index in [2.05, 4.69) is 0 Å². The number of benzene rings is 2. The number of methoxy groups -OCH3 is 1. The topological polar surface area (TPSA) is 79.3 Å². The van der Waals surface area contributed by atoms with Gasteiger partial charge < -0.3 is 24.4 Å². The van der Waals surface area contributed by atoms with E-state index < -0.39 is 17.7 Å². The van der Waals surface area contributed by atoms with Crippen molar-refractivity contribution in [2.24, 2.45) is 0 Å². The first-order chi connectivity index (χ1) is 14.9. The van der Waals surface area contributed by atoms with Gasteiger partial charge in [-0.15, -0.1) is 0 Å². The minimum Gasteiger partial charge on any atom is -0.507 e. The highest BCUT2D eigenvalue weighted by Crippen LogP contribution is 2.39. The van der Waals surface area contributed by atoms with Crippen molar-refractivity contribution >= 4 is 17.4 Å². The Morgan fingerprint density at radius 3 is 2.19 bits per heavy atom. The van der Waals surface area contributed by atoms with Crippen molar-refractivity contribution < 1.29 is 24.2 Å². The highest BCUT2D eigenvalue weighted by atomic mass is 16.5. The van der Waals surface area contributed by atoms with Crippen molar-refractivity contribution in [3.05, 3.63) is 65.2 Å². The summed E-state index contributed by atoms with van der Waals surface area (Å²) in [4.78, 5) is 29.3. The van der Waals surface area contributed by atoms with Gasteiger partial charge in [-0.1, -0.05) is 12.1 Å². The van der Waals surface area contributed by atoms with Gasteiger partial charge in [-0.3, -0.25) is 9.59 Å². The largest absolute Gasteiger partial charge is 0.507 e. The molecule has 0 saturated carbocycles. The van der Waals surface area contributed by atoms with Gasteiger partial charge in [0.2, 0.25) is 0 Å². The standard InChI is InChI=1S/C24H28N2O5/c1-5-31-19-12-6-16(7-13-19)21-20(22(27)17-8-10-18(30-4)11-9-17)23(28)24(29)26(21)15-14-25(2)3/h6-13,21,27H,5,14-15H2,1-4H3/b22-20+/t21-/m1/s1. The molecule has 1 saturated heterocycles. The molecule has 1 aliphatic rings. The van der Waals surface area contributed by atoms with E-state index in [-0.39, 0.29) is 11.3 Å². The van der Waals surface area contributed by atoms with Crippen molar-refractivity contribution in [1.29, 1.82) is 0 Å². The maximum atomic E-state index is 13.0. The summed E-state index contributed by atoms with van der Waals surface area (Å²) in [6, 6.07) is 13.3. The Hall–Kier alpha value is -3.32. The summed E-state index contributed by atoms with van der Waals surface area (Å²) in [5, 5.41) is 11.0. The summed E-state index contributed by atoms with van der Waals surface area (Å²) in [6.45, 7) is 3.38. The highest BCUT2D eigenvalue weighted by Gasteiger charge is 2.45. The minimum absolute atomic E-state index is 0.0816. The van der Waals surface area contributed by atoms with Crippen LogP contribution in [-0.2, 0) is 9.59 Å². The van der Waals surface area contributed by atoms with E-state index in [1.807, 2.05) is 38.1 Å². The first-order valence-corrected chi connectivity index (χ1v) is 10.2. The van der Waals surface area contributed by atoms with E-state index in [0.29, 0.717) is 36.8 Å². The molecule has 1 amide bonds. The van der Waals surface area contributed by atoms with Gasteiger partial charge in [-0.25, -0.2) is 0 Å². The second-order valence-electron chi connectivity index (χ2n) is 7.53. The van der Waals surface area contributed by atoms with Crippen LogP contribution in [0.4, 0.5) is 0 Å². The number of amides is 1. The molecule has 164 valence electrons. The van der Waals surface area contributed by atoms with Crippen LogP contribution in [0.3, 0.4) is 0 Å². The monoisotopic (exact) mass is 424 g/mol. The molecule has 1 fully saturated rings. The number of aliphatic hydroxyl groups is 1. The number of likely N-dealkylation sites (N-methyl/N-ethyl adjacent to an activating group) is 1. The van der Waals surface area contributed by atoms with Crippen molar-refractivity contribution in [1.82, 2.24) is 9.80 Å². The zero-order valence-corrected chi connectivity index (χ0v) is 18.3. The Kier molecular flexibility index (Phi) is 6.97. The molecule has 0 aliphatic carbocycles. The van der Waals surface area contributed by atoms with Gasteiger partial charge in [0.1, 0.15) is 17.3 Å². The van der Waals surface area contributed by atoms with Crippen molar-refractivity contribution in [2.75, 3.05) is 40.9 Å². The Morgan fingerprint density at radius 1 is 1.03 bits per heavy atom. The number of aliphatic hydroxyl groups excluding tert-OH is 1. The minimum atomic E-state index is -0.689. The van der Waals surface area contributed by atoms with Crippen LogP contribution in [0.25, 0.3) is 5.76 Å². The number of hydrogen-bond donors (Lipinski definition) is 1. The first-order valence-electron chi connectivity index (χ1n) is 10.2. The number of rotatable bonds is 8. The third kappa shape index (κ3) is 4.72. The summed E-state index contributed by atoms with van der Waals surface area (Å²) in [7, 11) is 5.36. The zero-order chi connectivity index (χ0) is 22.5. The molecule has 2 aromatic carbocycles. The lowest BCUT2D eigenvalue weighted by atomic mass is 9.95. The molecule has 7 heteroatoms. The van der Waals surface area contributed by atoms with Gasteiger partial charge in [0.05, 0.1) is 25.3 Å². The van der Waals surface area contributed by atoms with Crippen molar-refractivity contribution in [2.45, 2.75) is 13.0 Å². The first kappa shape index (κ1) is 22.4. The number of ketones is 1. The zero-order valence-electron chi connectivity index (χ0n) is 18.3. The molecule has 31 heavy (non-hydrogen) atoms. The van der Waals surface area contributed by atoms with Crippen molar-refractivity contribution in [3.63, 3.8) is 0 Å². The number of ether oxygens (including phenoxy) is 2. The fraction of sp³-hybridized carbons (Fsp3) is 0.333. The average Bonchev–Trinajstić information content (AvgIpc) is 3.02. The van der Waals surface area contributed by atoms with Crippen LogP contribution in [0, 0.1) is 0 Å². The lowest BCUT2D eigenvalue weighted by Crippen LogP contribution is -2.35. The van der Waals surface area contributed by atoms with Crippen molar-refractivity contribution in [3.8, 4) is 11.5 Å². The number of nitrogens with zero attached hydrogens (tertiary/aromatic N) is 2. The van der Waals surface area contributed by atoms with Crippen LogP contribution >= 0.6 is 0 Å².